The van der Waals surface area contributed by atoms with Crippen molar-refractivity contribution in [1.29, 1.82) is 0 Å². The Labute approximate surface area is 165 Å². The number of benzene rings is 2. The summed E-state index contributed by atoms with van der Waals surface area (Å²) in [6.45, 7) is 6.25. The van der Waals surface area contributed by atoms with Gasteiger partial charge in [-0.3, -0.25) is 4.79 Å². The summed E-state index contributed by atoms with van der Waals surface area (Å²) in [5.41, 5.74) is 2.83. The lowest BCUT2D eigenvalue weighted by atomic mass is 9.88. The molecule has 2 aromatic rings. The molecule has 4 nitrogen and oxygen atoms in total. The molecule has 1 aliphatic rings. The molecule has 2 N–H and O–H groups in total. The minimum absolute atomic E-state index is 0. The van der Waals surface area contributed by atoms with Crippen LogP contribution in [0.4, 0.5) is 5.69 Å². The molecule has 0 aromatic heterocycles. The van der Waals surface area contributed by atoms with Gasteiger partial charge in [-0.25, -0.2) is 0 Å². The lowest BCUT2D eigenvalue weighted by molar-refractivity contribution is -0.121. The Morgan fingerprint density at radius 3 is 2.69 bits per heavy atom. The number of aryl methyl sites for hydroxylation is 1. The molecule has 26 heavy (non-hydrogen) atoms. The van der Waals surface area contributed by atoms with Crippen LogP contribution >= 0.6 is 24.0 Å². The molecular formula is C20H24Cl2N2O2. The number of halogens is 2. The molecule has 140 valence electrons. The number of nitrogens with one attached hydrogen (secondary N) is 2. The lowest BCUT2D eigenvalue weighted by Gasteiger charge is -2.31. The largest absolute Gasteiger partial charge is 0.489 e. The Morgan fingerprint density at radius 1 is 1.31 bits per heavy atom. The van der Waals surface area contributed by atoms with E-state index in [-0.39, 0.29) is 24.2 Å². The van der Waals surface area contributed by atoms with E-state index in [4.69, 9.17) is 16.3 Å². The number of anilines is 1. The molecule has 6 heteroatoms. The van der Waals surface area contributed by atoms with Gasteiger partial charge < -0.3 is 15.4 Å². The fourth-order valence-corrected chi connectivity index (χ4v) is 3.00. The maximum atomic E-state index is 12.3. The van der Waals surface area contributed by atoms with Gasteiger partial charge in [-0.1, -0.05) is 30.7 Å². The maximum Gasteiger partial charge on any atom is 0.227 e. The van der Waals surface area contributed by atoms with Crippen LogP contribution < -0.4 is 15.4 Å². The third-order valence-electron chi connectivity index (χ3n) is 4.68. The normalized spacial score (nSPS) is 14.7. The van der Waals surface area contributed by atoms with Crippen LogP contribution in [0.25, 0.3) is 0 Å². The number of carbonyl (C=O) groups is 1. The molecular weight excluding hydrogens is 371 g/mol. The molecule has 1 fully saturated rings. The Hall–Kier alpha value is -1.75. The van der Waals surface area contributed by atoms with Crippen LogP contribution in [0.1, 0.15) is 18.1 Å². The fraction of sp³-hybridized carbons (Fsp3) is 0.350. The van der Waals surface area contributed by atoms with E-state index in [1.165, 1.54) is 0 Å². The van der Waals surface area contributed by atoms with Crippen molar-refractivity contribution in [1.82, 2.24) is 5.32 Å². The molecule has 1 aliphatic heterocycles. The Balaban J connectivity index is 0.00000243. The van der Waals surface area contributed by atoms with Crippen molar-refractivity contribution >= 4 is 35.6 Å². The van der Waals surface area contributed by atoms with Crippen LogP contribution in [0.2, 0.25) is 5.02 Å². The molecule has 1 saturated heterocycles. The van der Waals surface area contributed by atoms with Gasteiger partial charge in [0, 0.05) is 16.6 Å². The second-order valence-corrected chi connectivity index (χ2v) is 7.03. The minimum Gasteiger partial charge on any atom is -0.489 e. The summed E-state index contributed by atoms with van der Waals surface area (Å²) in [6, 6.07) is 13.3. The van der Waals surface area contributed by atoms with Crippen LogP contribution in [0.3, 0.4) is 0 Å². The molecule has 2 aromatic carbocycles. The van der Waals surface area contributed by atoms with Gasteiger partial charge in [-0.15, -0.1) is 12.4 Å². The Kier molecular flexibility index (Phi) is 7.33. The Bertz CT molecular complexity index is 763. The van der Waals surface area contributed by atoms with Crippen molar-refractivity contribution in [3.05, 3.63) is 58.6 Å². The molecule has 1 amide bonds. The first-order chi connectivity index (χ1) is 12.0. The van der Waals surface area contributed by atoms with Crippen LogP contribution in [0.5, 0.6) is 5.75 Å². The number of hydrogen-bond acceptors (Lipinski definition) is 3. The van der Waals surface area contributed by atoms with E-state index < -0.39 is 0 Å². The summed E-state index contributed by atoms with van der Waals surface area (Å²) >= 11 is 5.98. The predicted octanol–water partition coefficient (Wildman–Crippen LogP) is 4.44. The number of hydrogen-bond donors (Lipinski definition) is 2. The zero-order valence-corrected chi connectivity index (χ0v) is 16.5. The molecule has 3 rings (SSSR count). The van der Waals surface area contributed by atoms with Crippen molar-refractivity contribution in [2.45, 2.75) is 20.5 Å². The first-order valence-electron chi connectivity index (χ1n) is 8.52. The van der Waals surface area contributed by atoms with Gasteiger partial charge in [0.05, 0.1) is 0 Å². The molecule has 0 aliphatic carbocycles. The molecule has 0 bridgehead atoms. The van der Waals surface area contributed by atoms with Crippen LogP contribution in [-0.4, -0.2) is 19.0 Å². The maximum absolute atomic E-state index is 12.3. The third kappa shape index (κ3) is 5.13. The van der Waals surface area contributed by atoms with E-state index in [9.17, 15) is 4.79 Å². The van der Waals surface area contributed by atoms with E-state index in [1.54, 1.807) is 0 Å². The van der Waals surface area contributed by atoms with Crippen molar-refractivity contribution in [2.75, 3.05) is 18.4 Å². The zero-order valence-electron chi connectivity index (χ0n) is 14.9. The molecule has 1 atom stereocenters. The molecule has 0 saturated carbocycles. The number of ether oxygens (including phenoxy) is 1. The van der Waals surface area contributed by atoms with E-state index in [1.807, 2.05) is 56.3 Å². The summed E-state index contributed by atoms with van der Waals surface area (Å²) < 4.78 is 5.82. The summed E-state index contributed by atoms with van der Waals surface area (Å²) in [7, 11) is 0. The highest BCUT2D eigenvalue weighted by Gasteiger charge is 2.28. The number of carbonyl (C=O) groups excluding carboxylic acids is 1. The van der Waals surface area contributed by atoms with E-state index in [0.29, 0.717) is 17.5 Å². The van der Waals surface area contributed by atoms with Crippen LogP contribution in [-0.2, 0) is 11.4 Å². The molecule has 0 spiro atoms. The van der Waals surface area contributed by atoms with Gasteiger partial charge in [0.15, 0.2) is 0 Å². The summed E-state index contributed by atoms with van der Waals surface area (Å²) in [5.74, 6) is 1.29. The minimum atomic E-state index is 0. The summed E-state index contributed by atoms with van der Waals surface area (Å²) in [4.78, 5) is 12.3. The Morgan fingerprint density at radius 2 is 2.08 bits per heavy atom. The van der Waals surface area contributed by atoms with E-state index >= 15 is 0 Å². The summed E-state index contributed by atoms with van der Waals surface area (Å²) in [5, 5.41) is 6.93. The van der Waals surface area contributed by atoms with Crippen LogP contribution in [0.15, 0.2) is 42.5 Å². The van der Waals surface area contributed by atoms with E-state index in [2.05, 4.69) is 10.6 Å². The molecule has 1 unspecified atom stereocenters. The van der Waals surface area contributed by atoms with E-state index in [0.717, 1.165) is 35.7 Å². The van der Waals surface area contributed by atoms with Gasteiger partial charge in [-0.05, 0) is 67.4 Å². The lowest BCUT2D eigenvalue weighted by Crippen LogP contribution is -2.48. The third-order valence-corrected chi connectivity index (χ3v) is 4.92. The van der Waals surface area contributed by atoms with Gasteiger partial charge >= 0.3 is 0 Å². The van der Waals surface area contributed by atoms with Gasteiger partial charge in [0.25, 0.3) is 0 Å². The summed E-state index contributed by atoms with van der Waals surface area (Å²) in [6.07, 6.45) is 0. The quantitative estimate of drug-likeness (QED) is 0.760. The van der Waals surface area contributed by atoms with Crippen LogP contribution in [0, 0.1) is 18.8 Å². The standard InChI is InChI=1S/C20H23ClN2O2.ClH/c1-13-8-18(25-12-15-4-3-5-17(21)9-15)6-7-19(13)23-20(24)14(2)16-10-22-11-16;/h3-9,14,16,22H,10-12H2,1-2H3,(H,23,24);1H. The fourth-order valence-electron chi connectivity index (χ4n) is 2.78. The second kappa shape index (κ2) is 9.26. The highest BCUT2D eigenvalue weighted by Crippen LogP contribution is 2.24. The SMILES string of the molecule is Cc1cc(OCc2cccc(Cl)c2)ccc1NC(=O)C(C)C1CNC1.Cl. The van der Waals surface area contributed by atoms with Crippen molar-refractivity contribution < 1.29 is 9.53 Å². The zero-order chi connectivity index (χ0) is 17.8. The molecule has 1 heterocycles. The van der Waals surface area contributed by atoms with Crippen molar-refractivity contribution in [3.8, 4) is 5.75 Å². The van der Waals surface area contributed by atoms with Gasteiger partial charge in [0.1, 0.15) is 12.4 Å². The average Bonchev–Trinajstić information content (AvgIpc) is 2.53. The highest BCUT2D eigenvalue weighted by atomic mass is 35.5. The first kappa shape index (κ1) is 20.6. The second-order valence-electron chi connectivity index (χ2n) is 6.59. The first-order valence-corrected chi connectivity index (χ1v) is 8.90. The topological polar surface area (TPSA) is 50.4 Å². The average molecular weight is 395 g/mol. The molecule has 0 radical (unpaired) electrons. The highest BCUT2D eigenvalue weighted by molar-refractivity contribution is 6.30. The van der Waals surface area contributed by atoms with Gasteiger partial charge in [0.2, 0.25) is 5.91 Å². The van der Waals surface area contributed by atoms with Gasteiger partial charge in [-0.2, -0.15) is 0 Å². The monoisotopic (exact) mass is 394 g/mol. The van der Waals surface area contributed by atoms with Crippen molar-refractivity contribution in [2.24, 2.45) is 11.8 Å². The smallest absolute Gasteiger partial charge is 0.227 e. The predicted molar refractivity (Wildman–Crippen MR) is 108 cm³/mol. The van der Waals surface area contributed by atoms with Crippen molar-refractivity contribution in [3.63, 3.8) is 0 Å². The number of amides is 1. The number of rotatable bonds is 6.